The fourth-order valence-corrected chi connectivity index (χ4v) is 4.35. The smallest absolute Gasteiger partial charge is 0.255 e. The van der Waals surface area contributed by atoms with Crippen molar-refractivity contribution in [3.63, 3.8) is 0 Å². The number of nitrogens with one attached hydrogen (secondary N) is 1. The van der Waals surface area contributed by atoms with Gasteiger partial charge in [-0.2, -0.15) is 0 Å². The molecule has 1 aromatic rings. The first-order chi connectivity index (χ1) is 12.4. The summed E-state index contributed by atoms with van der Waals surface area (Å²) in [5.74, 6) is 6.99. The number of likely N-dealkylation sites (tertiary alicyclic amines) is 1. The Hall–Kier alpha value is -1.90. The van der Waals surface area contributed by atoms with Gasteiger partial charge in [0, 0.05) is 25.2 Å². The van der Waals surface area contributed by atoms with Crippen LogP contribution in [-0.4, -0.2) is 43.1 Å². The molecule has 3 N–H and O–H groups in total. The number of carbonyl (C=O) groups excluding carboxylic acids is 1. The van der Waals surface area contributed by atoms with E-state index < -0.39 is 0 Å². The fraction of sp³-hybridized carbons (Fsp3) is 0.550. The number of anilines is 1. The highest BCUT2D eigenvalue weighted by Crippen LogP contribution is 2.37. The zero-order valence-corrected chi connectivity index (χ0v) is 16.3. The molecule has 0 radical (unpaired) electrons. The van der Waals surface area contributed by atoms with Gasteiger partial charge in [-0.05, 0) is 51.6 Å². The quantitative estimate of drug-likeness (QED) is 0.627. The van der Waals surface area contributed by atoms with Crippen LogP contribution in [0.2, 0.25) is 5.02 Å². The van der Waals surface area contributed by atoms with Gasteiger partial charge in [0.05, 0.1) is 16.3 Å². The van der Waals surface area contributed by atoms with E-state index in [4.69, 9.17) is 22.1 Å². The van der Waals surface area contributed by atoms with Gasteiger partial charge in [-0.1, -0.05) is 17.5 Å². The standard InChI is InChI=1S/C20H26ClN3O2/c1-4-5-12(2)26-18-9-17(22)16(21)8-15(18)20(25)23-19-13-6-7-14(19)11-24(3)10-13/h8-9,12-14,19H,6-7,10-11,22H2,1-3H3,(H,23,25)/t12-,13?,14?,19?/m0/s1. The van der Waals surface area contributed by atoms with Gasteiger partial charge in [0.25, 0.3) is 5.91 Å². The lowest BCUT2D eigenvalue weighted by Gasteiger charge is -2.36. The molecule has 1 amide bonds. The maximum atomic E-state index is 13.0. The Morgan fingerprint density at radius 2 is 2.04 bits per heavy atom. The van der Waals surface area contributed by atoms with Gasteiger partial charge in [0.1, 0.15) is 5.75 Å². The van der Waals surface area contributed by atoms with Crippen LogP contribution in [0.3, 0.4) is 0 Å². The molecule has 26 heavy (non-hydrogen) atoms. The lowest BCUT2D eigenvalue weighted by Crippen LogP contribution is -2.51. The summed E-state index contributed by atoms with van der Waals surface area (Å²) in [4.78, 5) is 15.3. The molecule has 1 aromatic carbocycles. The third-order valence-electron chi connectivity index (χ3n) is 5.31. The molecule has 3 rings (SSSR count). The molecule has 0 aromatic heterocycles. The van der Waals surface area contributed by atoms with Crippen LogP contribution < -0.4 is 15.8 Å². The summed E-state index contributed by atoms with van der Waals surface area (Å²) in [7, 11) is 2.14. The maximum absolute atomic E-state index is 13.0. The Balaban J connectivity index is 1.82. The SMILES string of the molecule is CC#C[C@H](C)Oc1cc(N)c(Cl)cc1C(=O)NC1C2CCC1CN(C)C2. The minimum atomic E-state index is -0.341. The van der Waals surface area contributed by atoms with Crippen molar-refractivity contribution in [3.8, 4) is 17.6 Å². The Labute approximate surface area is 160 Å². The third kappa shape index (κ3) is 3.92. The van der Waals surface area contributed by atoms with Gasteiger partial charge >= 0.3 is 0 Å². The number of nitrogens with two attached hydrogens (primary N) is 1. The molecule has 3 atom stereocenters. The molecule has 1 aliphatic carbocycles. The summed E-state index contributed by atoms with van der Waals surface area (Å²) in [6.07, 6.45) is 1.98. The van der Waals surface area contributed by atoms with Crippen molar-refractivity contribution >= 4 is 23.2 Å². The molecule has 1 saturated heterocycles. The van der Waals surface area contributed by atoms with Crippen molar-refractivity contribution in [1.82, 2.24) is 10.2 Å². The molecule has 2 unspecified atom stereocenters. The number of amides is 1. The number of fused-ring (bicyclic) bond motifs is 2. The summed E-state index contributed by atoms with van der Waals surface area (Å²) in [5.41, 5.74) is 6.70. The van der Waals surface area contributed by atoms with Gasteiger partial charge in [0.2, 0.25) is 0 Å². The van der Waals surface area contributed by atoms with Gasteiger partial charge in [-0.25, -0.2) is 0 Å². The molecule has 0 spiro atoms. The number of nitrogens with zero attached hydrogens (tertiary/aromatic N) is 1. The predicted octanol–water partition coefficient (Wildman–Crippen LogP) is 2.78. The van der Waals surface area contributed by atoms with E-state index in [-0.39, 0.29) is 18.1 Å². The number of hydrogen-bond donors (Lipinski definition) is 2. The number of ether oxygens (including phenoxy) is 1. The highest BCUT2D eigenvalue weighted by atomic mass is 35.5. The van der Waals surface area contributed by atoms with Crippen LogP contribution in [0.5, 0.6) is 5.75 Å². The summed E-state index contributed by atoms with van der Waals surface area (Å²) in [6.45, 7) is 5.63. The van der Waals surface area contributed by atoms with Gasteiger partial charge in [-0.15, -0.1) is 5.92 Å². The van der Waals surface area contributed by atoms with Crippen LogP contribution in [-0.2, 0) is 0 Å². The van der Waals surface area contributed by atoms with Crippen LogP contribution in [0.15, 0.2) is 12.1 Å². The number of halogens is 1. The van der Waals surface area contributed by atoms with E-state index >= 15 is 0 Å². The van der Waals surface area contributed by atoms with Crippen molar-refractivity contribution < 1.29 is 9.53 Å². The van der Waals surface area contributed by atoms with E-state index in [2.05, 4.69) is 29.1 Å². The number of nitrogen functional groups attached to an aromatic ring is 1. The lowest BCUT2D eigenvalue weighted by atomic mass is 9.92. The molecule has 1 heterocycles. The number of rotatable bonds is 4. The van der Waals surface area contributed by atoms with Gasteiger partial charge in [0.15, 0.2) is 6.10 Å². The van der Waals surface area contributed by atoms with Crippen LogP contribution in [0, 0.1) is 23.7 Å². The monoisotopic (exact) mass is 375 g/mol. The molecule has 140 valence electrons. The Kier molecular flexibility index (Phi) is 5.64. The van der Waals surface area contributed by atoms with Gasteiger partial charge < -0.3 is 20.7 Å². The van der Waals surface area contributed by atoms with Crippen molar-refractivity contribution in [2.75, 3.05) is 25.9 Å². The Morgan fingerprint density at radius 1 is 1.38 bits per heavy atom. The van der Waals surface area contributed by atoms with Crippen molar-refractivity contribution in [2.24, 2.45) is 11.8 Å². The molecule has 6 heteroatoms. The van der Waals surface area contributed by atoms with Crippen molar-refractivity contribution in [1.29, 1.82) is 0 Å². The first kappa shape index (κ1) is 18.9. The molecule has 1 saturated carbocycles. The largest absolute Gasteiger partial charge is 0.477 e. The minimum Gasteiger partial charge on any atom is -0.477 e. The number of benzene rings is 1. The molecule has 2 aliphatic rings. The van der Waals surface area contributed by atoms with Crippen LogP contribution >= 0.6 is 11.6 Å². The predicted molar refractivity (Wildman–Crippen MR) is 104 cm³/mol. The molecule has 1 aliphatic heterocycles. The number of hydrogen-bond acceptors (Lipinski definition) is 4. The Bertz CT molecular complexity index is 741. The second-order valence-electron chi connectivity index (χ2n) is 7.34. The van der Waals surface area contributed by atoms with E-state index in [1.807, 2.05) is 6.92 Å². The minimum absolute atomic E-state index is 0.162. The van der Waals surface area contributed by atoms with E-state index in [0.29, 0.717) is 33.9 Å². The fourth-order valence-electron chi connectivity index (χ4n) is 4.19. The molecule has 2 fully saturated rings. The van der Waals surface area contributed by atoms with E-state index in [0.717, 1.165) is 25.9 Å². The van der Waals surface area contributed by atoms with Gasteiger partial charge in [-0.3, -0.25) is 4.79 Å². The lowest BCUT2D eigenvalue weighted by molar-refractivity contribution is 0.0857. The summed E-state index contributed by atoms with van der Waals surface area (Å²) in [5, 5.41) is 3.58. The zero-order valence-electron chi connectivity index (χ0n) is 15.5. The van der Waals surface area contributed by atoms with Crippen LogP contribution in [0.25, 0.3) is 0 Å². The van der Waals surface area contributed by atoms with Crippen LogP contribution in [0.4, 0.5) is 5.69 Å². The van der Waals surface area contributed by atoms with Crippen molar-refractivity contribution in [3.05, 3.63) is 22.7 Å². The molecule has 2 bridgehead atoms. The Morgan fingerprint density at radius 3 is 2.65 bits per heavy atom. The average molecular weight is 376 g/mol. The second kappa shape index (κ2) is 7.77. The molecular weight excluding hydrogens is 350 g/mol. The summed E-state index contributed by atoms with van der Waals surface area (Å²) in [6, 6.07) is 3.40. The summed E-state index contributed by atoms with van der Waals surface area (Å²) >= 11 is 6.16. The first-order valence-electron chi connectivity index (χ1n) is 9.06. The molecule has 5 nitrogen and oxygen atoms in total. The van der Waals surface area contributed by atoms with E-state index in [1.165, 1.54) is 0 Å². The topological polar surface area (TPSA) is 67.6 Å². The second-order valence-corrected chi connectivity index (χ2v) is 7.75. The first-order valence-corrected chi connectivity index (χ1v) is 9.44. The third-order valence-corrected chi connectivity index (χ3v) is 5.64. The van der Waals surface area contributed by atoms with Crippen molar-refractivity contribution in [2.45, 2.75) is 38.8 Å². The summed E-state index contributed by atoms with van der Waals surface area (Å²) < 4.78 is 5.84. The zero-order chi connectivity index (χ0) is 18.8. The van der Waals surface area contributed by atoms with E-state index in [1.54, 1.807) is 19.1 Å². The number of carbonyl (C=O) groups is 1. The maximum Gasteiger partial charge on any atom is 0.255 e. The average Bonchev–Trinajstić information content (AvgIpc) is 2.81. The van der Waals surface area contributed by atoms with Crippen LogP contribution in [0.1, 0.15) is 37.0 Å². The normalized spacial score (nSPS) is 25.9. The number of piperidine rings is 1. The highest BCUT2D eigenvalue weighted by Gasteiger charge is 2.42. The van der Waals surface area contributed by atoms with E-state index in [9.17, 15) is 4.79 Å². The highest BCUT2D eigenvalue weighted by molar-refractivity contribution is 6.33. The molecular formula is C20H26ClN3O2.